The summed E-state index contributed by atoms with van der Waals surface area (Å²) in [4.78, 5) is 0. The van der Waals surface area contributed by atoms with Crippen molar-refractivity contribution in [2.75, 3.05) is 0 Å². The Hall–Kier alpha value is -2.90. The molecule has 0 nitrogen and oxygen atoms in total. The molecule has 0 aromatic heterocycles. The van der Waals surface area contributed by atoms with Crippen LogP contribution in [0.3, 0.4) is 0 Å². The molecule has 0 amide bonds. The van der Waals surface area contributed by atoms with Crippen molar-refractivity contribution in [1.82, 2.24) is 0 Å². The van der Waals surface area contributed by atoms with Crippen molar-refractivity contribution in [2.24, 2.45) is 0 Å². The summed E-state index contributed by atoms with van der Waals surface area (Å²) in [6, 6.07) is 52.5. The standard InChI is InChI=1S/C18H15Si.2C5H5.Fe/c1-4-10-16(11-5-1)19(17-12-6-2-7-13-17)18-14-8-3-9-15-18;2*1-2-4-5-3-1;/h1-15H;2*1-5H;/q;2*-1;+2. The van der Waals surface area contributed by atoms with Crippen LogP contribution in [0.5, 0.6) is 0 Å². The Morgan fingerprint density at radius 2 is 0.633 bits per heavy atom. The summed E-state index contributed by atoms with van der Waals surface area (Å²) >= 11 is 0. The molecule has 5 aromatic carbocycles. The zero-order valence-electron chi connectivity index (χ0n) is 16.8. The molecule has 149 valence electrons. The molecule has 0 fully saturated rings. The maximum absolute atomic E-state index is 2.24. The van der Waals surface area contributed by atoms with Crippen LogP contribution in [0.1, 0.15) is 0 Å². The van der Waals surface area contributed by atoms with Crippen LogP contribution in [-0.4, -0.2) is 8.80 Å². The molecule has 0 atom stereocenters. The van der Waals surface area contributed by atoms with Crippen LogP contribution in [0.4, 0.5) is 0 Å². The first-order chi connectivity index (χ1) is 14.4. The first-order valence-electron chi connectivity index (χ1n) is 9.82. The molecule has 30 heavy (non-hydrogen) atoms. The third-order valence-corrected chi connectivity index (χ3v) is 7.03. The fourth-order valence-electron chi connectivity index (χ4n) is 2.96. The fourth-order valence-corrected chi connectivity index (χ4v) is 5.53. The number of hydrogen-bond donors (Lipinski definition) is 0. The second-order valence-electron chi connectivity index (χ2n) is 6.40. The Kier molecular flexibility index (Phi) is 11.0. The molecule has 0 heterocycles. The quantitative estimate of drug-likeness (QED) is 0.208. The Balaban J connectivity index is 0.000000239. The molecular weight excluding hydrogens is 420 g/mol. The Bertz CT molecular complexity index is 822. The van der Waals surface area contributed by atoms with E-state index in [0.717, 1.165) is 0 Å². The van der Waals surface area contributed by atoms with Crippen LogP contribution in [0, 0.1) is 0 Å². The molecule has 0 saturated heterocycles. The van der Waals surface area contributed by atoms with Gasteiger partial charge in [0.1, 0.15) is 0 Å². The van der Waals surface area contributed by atoms with Gasteiger partial charge in [0.2, 0.25) is 0 Å². The van der Waals surface area contributed by atoms with Gasteiger partial charge in [0.05, 0.1) is 0 Å². The minimum atomic E-state index is -0.877. The van der Waals surface area contributed by atoms with E-state index in [1.54, 1.807) is 0 Å². The molecule has 0 spiro atoms. The Labute approximate surface area is 192 Å². The van der Waals surface area contributed by atoms with Gasteiger partial charge in [0.15, 0.2) is 8.80 Å². The van der Waals surface area contributed by atoms with Gasteiger partial charge < -0.3 is 0 Å². The van der Waals surface area contributed by atoms with E-state index in [1.165, 1.54) is 15.6 Å². The van der Waals surface area contributed by atoms with E-state index in [2.05, 4.69) is 91.0 Å². The SMILES string of the molecule is [Fe+2].c1cc[cH-]c1.c1cc[cH-]c1.c1ccc([Si](c2ccccc2)c2ccccc2)cc1. The van der Waals surface area contributed by atoms with E-state index in [4.69, 9.17) is 0 Å². The maximum Gasteiger partial charge on any atom is 2.00 e. The van der Waals surface area contributed by atoms with Crippen LogP contribution in [-0.2, 0) is 17.1 Å². The second-order valence-corrected chi connectivity index (χ2v) is 8.88. The van der Waals surface area contributed by atoms with Gasteiger partial charge in [-0.2, -0.15) is 36.4 Å². The van der Waals surface area contributed by atoms with Crippen LogP contribution in [0.2, 0.25) is 0 Å². The summed E-state index contributed by atoms with van der Waals surface area (Å²) in [5.41, 5.74) is 0. The second kappa shape index (κ2) is 14.1. The smallest absolute Gasteiger partial charge is 0.214 e. The van der Waals surface area contributed by atoms with Crippen molar-refractivity contribution in [3.8, 4) is 0 Å². The molecule has 5 rings (SSSR count). The Morgan fingerprint density at radius 3 is 0.833 bits per heavy atom. The summed E-state index contributed by atoms with van der Waals surface area (Å²) in [5, 5.41) is 4.31. The average molecular weight is 445 g/mol. The van der Waals surface area contributed by atoms with Crippen molar-refractivity contribution >= 4 is 24.4 Å². The van der Waals surface area contributed by atoms with E-state index >= 15 is 0 Å². The minimum absolute atomic E-state index is 0. The first-order valence-corrected chi connectivity index (χ1v) is 11.3. The molecule has 0 bridgehead atoms. The fraction of sp³-hybridized carbons (Fsp3) is 0. The van der Waals surface area contributed by atoms with Gasteiger partial charge in [0, 0.05) is 0 Å². The molecule has 1 radical (unpaired) electrons. The van der Waals surface area contributed by atoms with Crippen molar-refractivity contribution in [2.45, 2.75) is 0 Å². The Morgan fingerprint density at radius 1 is 0.367 bits per heavy atom. The van der Waals surface area contributed by atoms with Crippen LogP contribution >= 0.6 is 0 Å². The molecule has 0 aliphatic heterocycles. The zero-order chi connectivity index (χ0) is 20.0. The number of hydrogen-bond acceptors (Lipinski definition) is 0. The molecule has 0 saturated carbocycles. The van der Waals surface area contributed by atoms with Gasteiger partial charge in [-0.25, -0.2) is 24.3 Å². The largest absolute Gasteiger partial charge is 2.00 e. The molecule has 2 heteroatoms. The molecule has 0 aliphatic rings. The molecule has 0 unspecified atom stereocenters. The van der Waals surface area contributed by atoms with Gasteiger partial charge in [0.25, 0.3) is 0 Å². The number of rotatable bonds is 3. The monoisotopic (exact) mass is 445 g/mol. The summed E-state index contributed by atoms with van der Waals surface area (Å²) in [7, 11) is -0.877. The predicted octanol–water partition coefficient (Wildman–Crippen LogP) is 5.01. The third-order valence-electron chi connectivity index (χ3n) is 4.30. The zero-order valence-corrected chi connectivity index (χ0v) is 18.9. The van der Waals surface area contributed by atoms with Crippen molar-refractivity contribution in [1.29, 1.82) is 0 Å². The van der Waals surface area contributed by atoms with E-state index in [0.29, 0.717) is 0 Å². The van der Waals surface area contributed by atoms with Gasteiger partial charge in [-0.3, -0.25) is 0 Å². The van der Waals surface area contributed by atoms with Gasteiger partial charge in [-0.1, -0.05) is 107 Å². The van der Waals surface area contributed by atoms with Crippen LogP contribution < -0.4 is 15.6 Å². The summed E-state index contributed by atoms with van der Waals surface area (Å²) in [6.45, 7) is 0. The van der Waals surface area contributed by atoms with E-state index in [-0.39, 0.29) is 17.1 Å². The first kappa shape index (κ1) is 23.4. The van der Waals surface area contributed by atoms with E-state index in [9.17, 15) is 0 Å². The summed E-state index contributed by atoms with van der Waals surface area (Å²) in [6.07, 6.45) is 0. The minimum Gasteiger partial charge on any atom is -0.214 e. The third kappa shape index (κ3) is 7.85. The van der Waals surface area contributed by atoms with E-state index < -0.39 is 8.80 Å². The normalized spacial score (nSPS) is 9.37. The van der Waals surface area contributed by atoms with Crippen LogP contribution in [0.25, 0.3) is 0 Å². The maximum atomic E-state index is 2.24. The summed E-state index contributed by atoms with van der Waals surface area (Å²) < 4.78 is 0. The summed E-state index contributed by atoms with van der Waals surface area (Å²) in [5.74, 6) is 0. The van der Waals surface area contributed by atoms with E-state index in [1.807, 2.05) is 60.7 Å². The topological polar surface area (TPSA) is 0 Å². The molecule has 5 aromatic rings. The van der Waals surface area contributed by atoms with Gasteiger partial charge >= 0.3 is 17.1 Å². The van der Waals surface area contributed by atoms with Crippen molar-refractivity contribution < 1.29 is 17.1 Å². The number of benzene rings is 3. The predicted molar refractivity (Wildman–Crippen MR) is 128 cm³/mol. The molecule has 0 N–H and O–H groups in total. The molecule has 0 aliphatic carbocycles. The average Bonchev–Trinajstić information content (AvgIpc) is 3.55. The van der Waals surface area contributed by atoms with Crippen molar-refractivity contribution in [3.05, 3.63) is 152 Å². The van der Waals surface area contributed by atoms with Gasteiger partial charge in [-0.05, 0) is 0 Å². The van der Waals surface area contributed by atoms with Gasteiger partial charge in [-0.15, -0.1) is 0 Å². The van der Waals surface area contributed by atoms with Crippen molar-refractivity contribution in [3.63, 3.8) is 0 Å². The van der Waals surface area contributed by atoms with Crippen LogP contribution in [0.15, 0.2) is 152 Å². The molecular formula is C28H25FeSi.